The van der Waals surface area contributed by atoms with E-state index in [9.17, 15) is 9.90 Å². The van der Waals surface area contributed by atoms with E-state index in [1.165, 1.54) is 0 Å². The molecule has 1 heterocycles. The number of benzene rings is 1. The van der Waals surface area contributed by atoms with Crippen LogP contribution in [0.2, 0.25) is 5.02 Å². The number of carboxylic acid groups (broad SMARTS) is 1. The van der Waals surface area contributed by atoms with Crippen LogP contribution in [0, 0.1) is 6.92 Å². The van der Waals surface area contributed by atoms with E-state index in [4.69, 9.17) is 11.6 Å². The van der Waals surface area contributed by atoms with Gasteiger partial charge in [-0.2, -0.15) is 0 Å². The first-order chi connectivity index (χ1) is 8.04. The van der Waals surface area contributed by atoms with Crippen LogP contribution in [-0.2, 0) is 6.42 Å². The van der Waals surface area contributed by atoms with Crippen molar-refractivity contribution in [2.45, 2.75) is 20.3 Å². The highest BCUT2D eigenvalue weighted by molar-refractivity contribution is 6.32. The lowest BCUT2D eigenvalue weighted by Gasteiger charge is -2.08. The molecule has 17 heavy (non-hydrogen) atoms. The summed E-state index contributed by atoms with van der Waals surface area (Å²) in [7, 11) is 0. The summed E-state index contributed by atoms with van der Waals surface area (Å²) in [5.41, 5.74) is 2.54. The number of aromatic carboxylic acids is 1. The first kappa shape index (κ1) is 11.9. The molecule has 2 aromatic rings. The maximum atomic E-state index is 11.2. The minimum absolute atomic E-state index is 0.284. The molecule has 1 aromatic carbocycles. The molecule has 0 saturated carbocycles. The second-order valence-electron chi connectivity index (χ2n) is 3.89. The Morgan fingerprint density at radius 2 is 2.18 bits per heavy atom. The van der Waals surface area contributed by atoms with Crippen LogP contribution in [0.1, 0.15) is 28.5 Å². The fourth-order valence-electron chi connectivity index (χ4n) is 1.82. The monoisotopic (exact) mass is 249 g/mol. The number of aromatic nitrogens is 1. The lowest BCUT2D eigenvalue weighted by molar-refractivity contribution is 0.0699. The van der Waals surface area contributed by atoms with Crippen LogP contribution < -0.4 is 0 Å². The van der Waals surface area contributed by atoms with E-state index in [2.05, 4.69) is 4.98 Å². The summed E-state index contributed by atoms with van der Waals surface area (Å²) in [4.78, 5) is 15.7. The van der Waals surface area contributed by atoms with Crippen molar-refractivity contribution in [1.82, 2.24) is 4.98 Å². The Balaban J connectivity index is 2.90. The lowest BCUT2D eigenvalue weighted by Crippen LogP contribution is -2.02. The highest BCUT2D eigenvalue weighted by Crippen LogP contribution is 2.27. The number of rotatable bonds is 2. The Bertz CT molecular complexity index is 608. The van der Waals surface area contributed by atoms with Gasteiger partial charge in [-0.25, -0.2) is 4.79 Å². The van der Waals surface area contributed by atoms with Gasteiger partial charge in [0.15, 0.2) is 0 Å². The first-order valence-electron chi connectivity index (χ1n) is 5.36. The molecular formula is C13H12ClNO2. The fourth-order valence-corrected chi connectivity index (χ4v) is 1.97. The predicted molar refractivity (Wildman–Crippen MR) is 67.8 cm³/mol. The van der Waals surface area contributed by atoms with Crippen LogP contribution in [0.25, 0.3) is 10.9 Å². The maximum absolute atomic E-state index is 11.2. The van der Waals surface area contributed by atoms with Gasteiger partial charge in [0.2, 0.25) is 0 Å². The van der Waals surface area contributed by atoms with E-state index in [0.717, 1.165) is 11.3 Å². The summed E-state index contributed by atoms with van der Waals surface area (Å²) in [6.45, 7) is 3.79. The van der Waals surface area contributed by atoms with Gasteiger partial charge in [-0.15, -0.1) is 0 Å². The number of carbonyl (C=O) groups is 1. The topological polar surface area (TPSA) is 50.2 Å². The van der Waals surface area contributed by atoms with Gasteiger partial charge >= 0.3 is 5.97 Å². The summed E-state index contributed by atoms with van der Waals surface area (Å²) in [5, 5.41) is 10.4. The molecule has 0 saturated heterocycles. The summed E-state index contributed by atoms with van der Waals surface area (Å²) >= 11 is 6.03. The number of nitrogens with zero attached hydrogens (tertiary/aromatic N) is 1. The molecule has 4 heteroatoms. The number of hydrogen-bond acceptors (Lipinski definition) is 2. The van der Waals surface area contributed by atoms with Crippen molar-refractivity contribution < 1.29 is 9.90 Å². The molecule has 3 nitrogen and oxygen atoms in total. The van der Waals surface area contributed by atoms with Gasteiger partial charge in [0.25, 0.3) is 0 Å². The number of halogens is 1. The molecule has 0 unspecified atom stereocenters. The van der Waals surface area contributed by atoms with Crippen molar-refractivity contribution in [3.8, 4) is 0 Å². The van der Waals surface area contributed by atoms with Crippen LogP contribution in [-0.4, -0.2) is 16.1 Å². The summed E-state index contributed by atoms with van der Waals surface area (Å²) in [6, 6.07) is 5.04. The van der Waals surface area contributed by atoms with Crippen molar-refractivity contribution in [3.05, 3.63) is 40.0 Å². The molecular weight excluding hydrogens is 238 g/mol. The first-order valence-corrected chi connectivity index (χ1v) is 5.74. The predicted octanol–water partition coefficient (Wildman–Crippen LogP) is 3.46. The minimum atomic E-state index is -0.936. The van der Waals surface area contributed by atoms with Crippen LogP contribution >= 0.6 is 11.6 Å². The smallest absolute Gasteiger partial charge is 0.336 e. The lowest BCUT2D eigenvalue weighted by atomic mass is 10.0. The molecule has 0 aliphatic carbocycles. The third kappa shape index (κ3) is 1.98. The standard InChI is InChI=1S/C13H12ClNO2/c1-3-8-6-10(13(16)17)9-4-5-11(14)7(2)12(9)15-8/h4-6H,3H2,1-2H3,(H,16,17). The molecule has 0 spiro atoms. The molecule has 0 atom stereocenters. The Morgan fingerprint density at radius 3 is 2.76 bits per heavy atom. The van der Waals surface area contributed by atoms with Crippen LogP contribution in [0.15, 0.2) is 18.2 Å². The molecule has 0 radical (unpaired) electrons. The normalized spacial score (nSPS) is 10.8. The van der Waals surface area contributed by atoms with Gasteiger partial charge in [0.05, 0.1) is 11.1 Å². The molecule has 88 valence electrons. The van der Waals surface area contributed by atoms with Crippen molar-refractivity contribution >= 4 is 28.5 Å². The van der Waals surface area contributed by atoms with Gasteiger partial charge in [-0.05, 0) is 31.0 Å². The Morgan fingerprint density at radius 1 is 1.47 bits per heavy atom. The molecule has 1 N–H and O–H groups in total. The van der Waals surface area contributed by atoms with Crippen LogP contribution in [0.5, 0.6) is 0 Å². The summed E-state index contributed by atoms with van der Waals surface area (Å²) < 4.78 is 0. The number of carboxylic acids is 1. The molecule has 0 amide bonds. The fraction of sp³-hybridized carbons (Fsp3) is 0.231. The van der Waals surface area contributed by atoms with Crippen LogP contribution in [0.3, 0.4) is 0 Å². The van der Waals surface area contributed by atoms with Gasteiger partial charge < -0.3 is 5.11 Å². The van der Waals surface area contributed by atoms with Crippen molar-refractivity contribution in [2.24, 2.45) is 0 Å². The van der Waals surface area contributed by atoms with E-state index >= 15 is 0 Å². The average Bonchev–Trinajstić information content (AvgIpc) is 2.32. The van der Waals surface area contributed by atoms with Gasteiger partial charge in [0.1, 0.15) is 0 Å². The number of hydrogen-bond donors (Lipinski definition) is 1. The Kier molecular flexibility index (Phi) is 3.03. The molecule has 2 rings (SSSR count). The van der Waals surface area contributed by atoms with Gasteiger partial charge in [-0.3, -0.25) is 4.98 Å². The minimum Gasteiger partial charge on any atom is -0.478 e. The third-order valence-corrected chi connectivity index (χ3v) is 3.22. The summed E-state index contributed by atoms with van der Waals surface area (Å²) in [6.07, 6.45) is 0.697. The van der Waals surface area contributed by atoms with Gasteiger partial charge in [-0.1, -0.05) is 24.6 Å². The molecule has 0 bridgehead atoms. The van der Waals surface area contributed by atoms with Crippen molar-refractivity contribution in [2.75, 3.05) is 0 Å². The van der Waals surface area contributed by atoms with E-state index in [1.807, 2.05) is 13.8 Å². The second kappa shape index (κ2) is 4.34. The van der Waals surface area contributed by atoms with E-state index in [0.29, 0.717) is 22.3 Å². The van der Waals surface area contributed by atoms with Gasteiger partial charge in [0, 0.05) is 16.1 Å². The number of aryl methyl sites for hydroxylation is 2. The molecule has 0 aliphatic heterocycles. The zero-order valence-electron chi connectivity index (χ0n) is 9.62. The Hall–Kier alpha value is -1.61. The molecule has 0 fully saturated rings. The van der Waals surface area contributed by atoms with E-state index in [-0.39, 0.29) is 5.56 Å². The largest absolute Gasteiger partial charge is 0.478 e. The highest BCUT2D eigenvalue weighted by atomic mass is 35.5. The zero-order chi connectivity index (χ0) is 12.6. The molecule has 0 aliphatic rings. The average molecular weight is 250 g/mol. The zero-order valence-corrected chi connectivity index (χ0v) is 10.4. The van der Waals surface area contributed by atoms with E-state index in [1.54, 1.807) is 18.2 Å². The quantitative estimate of drug-likeness (QED) is 0.887. The number of fused-ring (bicyclic) bond motifs is 1. The maximum Gasteiger partial charge on any atom is 0.336 e. The second-order valence-corrected chi connectivity index (χ2v) is 4.30. The van der Waals surface area contributed by atoms with Crippen LogP contribution in [0.4, 0.5) is 0 Å². The highest BCUT2D eigenvalue weighted by Gasteiger charge is 2.13. The third-order valence-electron chi connectivity index (χ3n) is 2.81. The summed E-state index contributed by atoms with van der Waals surface area (Å²) in [5.74, 6) is -0.936. The number of pyridine rings is 1. The SMILES string of the molecule is CCc1cc(C(=O)O)c2ccc(Cl)c(C)c2n1. The van der Waals surface area contributed by atoms with Crippen molar-refractivity contribution in [3.63, 3.8) is 0 Å². The molecule has 1 aromatic heterocycles. The Labute approximate surface area is 104 Å². The van der Waals surface area contributed by atoms with Crippen molar-refractivity contribution in [1.29, 1.82) is 0 Å². The van der Waals surface area contributed by atoms with E-state index < -0.39 is 5.97 Å².